The lowest BCUT2D eigenvalue weighted by Gasteiger charge is -2.13. The lowest BCUT2D eigenvalue weighted by molar-refractivity contribution is -0.268. The molecule has 0 unspecified atom stereocenters. The number of benzene rings is 1. The molecule has 0 saturated heterocycles. The molecule has 0 spiro atoms. The largest absolute Gasteiger partial charge is 0.871 e. The summed E-state index contributed by atoms with van der Waals surface area (Å²) in [5.74, 6) is -1.79. The zero-order valence-electron chi connectivity index (χ0n) is 6.47. The van der Waals surface area contributed by atoms with Gasteiger partial charge >= 0.3 is 0 Å². The number of rotatable bonds is 0. The third-order valence-electron chi connectivity index (χ3n) is 1.52. The van der Waals surface area contributed by atoms with Crippen LogP contribution < -0.4 is 5.11 Å². The zero-order valence-corrected chi connectivity index (χ0v) is 7.98. The summed E-state index contributed by atoms with van der Waals surface area (Å²) in [7, 11) is 0. The molecule has 0 amide bonds. The second kappa shape index (κ2) is 3.63. The number of hydrogen-bond acceptors (Lipinski definition) is 3. The van der Waals surface area contributed by atoms with Gasteiger partial charge in [0.05, 0.1) is 10.6 Å². The highest BCUT2D eigenvalue weighted by Gasteiger charge is 2.18. The van der Waals surface area contributed by atoms with Gasteiger partial charge in [0.2, 0.25) is 5.75 Å². The summed E-state index contributed by atoms with van der Waals surface area (Å²) in [6.07, 6.45) is 0. The molecule has 0 fully saturated rings. The first kappa shape index (κ1) is 10.5. The van der Waals surface area contributed by atoms with Crippen LogP contribution in [0.25, 0.3) is 0 Å². The molecular weight excluding hydrogens is 227 g/mol. The predicted molar refractivity (Wildman–Crippen MR) is 45.5 cm³/mol. The molecule has 1 rings (SSSR count). The van der Waals surface area contributed by atoms with Crippen LogP contribution in [-0.4, -0.2) is 0 Å². The average Bonchev–Trinajstić information content (AvgIpc) is 2.20. The Hall–Kier alpha value is -1.62. The Balaban J connectivity index is 3.79. The molecule has 0 atom stereocenters. The minimum atomic E-state index is -0.893. The molecule has 0 N–H and O–H groups in total. The van der Waals surface area contributed by atoms with E-state index >= 15 is 0 Å². The van der Waals surface area contributed by atoms with Crippen LogP contribution in [0.1, 0.15) is 11.1 Å². The lowest BCUT2D eigenvalue weighted by Crippen LogP contribution is -1.99. The molecule has 69 valence electrons. The Morgan fingerprint density at radius 3 is 2.00 bits per heavy atom. The second-order valence-electron chi connectivity index (χ2n) is 2.26. The molecule has 0 aromatic heterocycles. The maximum Gasteiger partial charge on any atom is 0.217 e. The Morgan fingerprint density at radius 2 is 1.57 bits per heavy atom. The molecule has 0 aliphatic carbocycles. The van der Waals surface area contributed by atoms with E-state index in [0.717, 1.165) is 0 Å². The van der Waals surface area contributed by atoms with Gasteiger partial charge in [-0.05, 0) is 0 Å². The smallest absolute Gasteiger partial charge is 0.217 e. The molecule has 0 aliphatic heterocycles. The number of hydrogen-bond donors (Lipinski definition) is 0. The number of halogens is 2. The zero-order chi connectivity index (χ0) is 10.9. The van der Waals surface area contributed by atoms with Crippen LogP contribution >= 0.6 is 23.2 Å². The molecule has 0 aliphatic rings. The van der Waals surface area contributed by atoms with Crippen molar-refractivity contribution in [3.8, 4) is 23.6 Å². The first-order chi connectivity index (χ1) is 6.54. The van der Waals surface area contributed by atoms with Crippen molar-refractivity contribution in [3.05, 3.63) is 21.2 Å². The normalized spacial score (nSPS) is 9.14. The average molecular weight is 227 g/mol. The monoisotopic (exact) mass is 226 g/mol. The summed E-state index contributed by atoms with van der Waals surface area (Å²) in [5.41, 5.74) is -1.13. The Bertz CT molecular complexity index is 441. The van der Waals surface area contributed by atoms with E-state index in [9.17, 15) is 10.2 Å². The number of nitriles is 2. The van der Waals surface area contributed by atoms with Crippen molar-refractivity contribution >= 4 is 23.2 Å². The van der Waals surface area contributed by atoms with Crippen molar-refractivity contribution in [3.63, 3.8) is 0 Å². The standard InChI is InChI=1S/C8HCl2N2O2/c9-5-6(10)8(14)4(2-12)3(1-11)7(5)13/h13H/p-1. The molecular formula is C8Cl2N2O2-. The summed E-state index contributed by atoms with van der Waals surface area (Å²) < 4.78 is 0. The summed E-state index contributed by atoms with van der Waals surface area (Å²) in [6.45, 7) is 0. The van der Waals surface area contributed by atoms with Crippen molar-refractivity contribution in [2.45, 2.75) is 0 Å². The minimum absolute atomic E-state index is 0.521. The molecule has 1 aromatic carbocycles. The molecule has 6 heteroatoms. The molecule has 1 radical (unpaired) electrons. The van der Waals surface area contributed by atoms with E-state index in [4.69, 9.17) is 33.7 Å². The fraction of sp³-hybridized carbons (Fsp3) is 0. The van der Waals surface area contributed by atoms with E-state index in [1.54, 1.807) is 0 Å². The number of nitrogens with zero attached hydrogens (tertiary/aromatic N) is 2. The lowest BCUT2D eigenvalue weighted by atomic mass is 10.1. The fourth-order valence-electron chi connectivity index (χ4n) is 0.859. The summed E-state index contributed by atoms with van der Waals surface area (Å²) in [5, 5.41) is 38.5. The van der Waals surface area contributed by atoms with Crippen molar-refractivity contribution in [2.24, 2.45) is 0 Å². The van der Waals surface area contributed by atoms with Crippen LogP contribution in [0, 0.1) is 22.7 Å². The van der Waals surface area contributed by atoms with E-state index in [0.29, 0.717) is 0 Å². The highest BCUT2D eigenvalue weighted by atomic mass is 35.5. The van der Waals surface area contributed by atoms with E-state index in [-0.39, 0.29) is 0 Å². The third-order valence-corrected chi connectivity index (χ3v) is 2.34. The van der Waals surface area contributed by atoms with E-state index in [2.05, 4.69) is 0 Å². The van der Waals surface area contributed by atoms with Crippen LogP contribution in [0.3, 0.4) is 0 Å². The Kier molecular flexibility index (Phi) is 2.71. The summed E-state index contributed by atoms with van der Waals surface area (Å²) in [4.78, 5) is 0. The van der Waals surface area contributed by atoms with Gasteiger partial charge in [0, 0.05) is 0 Å². The van der Waals surface area contributed by atoms with Gasteiger partial charge in [-0.2, -0.15) is 10.5 Å². The Labute approximate surface area is 89.1 Å². The van der Waals surface area contributed by atoms with Gasteiger partial charge in [0.25, 0.3) is 0 Å². The highest BCUT2D eigenvalue weighted by molar-refractivity contribution is 6.44. The molecule has 0 bridgehead atoms. The summed E-state index contributed by atoms with van der Waals surface area (Å²) in [6, 6.07) is 2.89. The van der Waals surface area contributed by atoms with Gasteiger partial charge < -0.3 is 5.11 Å². The van der Waals surface area contributed by atoms with Gasteiger partial charge in [-0.3, -0.25) is 5.11 Å². The van der Waals surface area contributed by atoms with Crippen molar-refractivity contribution in [1.82, 2.24) is 0 Å². The molecule has 4 nitrogen and oxygen atoms in total. The van der Waals surface area contributed by atoms with Crippen molar-refractivity contribution in [2.75, 3.05) is 0 Å². The predicted octanol–water partition coefficient (Wildman–Crippen LogP) is 1.95. The van der Waals surface area contributed by atoms with Crippen LogP contribution in [-0.2, 0) is 5.11 Å². The first-order valence-corrected chi connectivity index (χ1v) is 3.99. The maximum atomic E-state index is 11.2. The molecule has 14 heavy (non-hydrogen) atoms. The van der Waals surface area contributed by atoms with E-state index in [1.165, 1.54) is 12.1 Å². The fourth-order valence-corrected chi connectivity index (χ4v) is 1.22. The van der Waals surface area contributed by atoms with Gasteiger partial charge in [-0.15, -0.1) is 0 Å². The SMILES string of the molecule is N#Cc1c([O])c(Cl)c(Cl)c([O-])c1C#N. The quantitative estimate of drug-likeness (QED) is 0.677. The van der Waals surface area contributed by atoms with Gasteiger partial charge in [-0.1, -0.05) is 29.0 Å². The highest BCUT2D eigenvalue weighted by Crippen LogP contribution is 2.42. The van der Waals surface area contributed by atoms with Crippen molar-refractivity contribution in [1.29, 1.82) is 10.5 Å². The topological polar surface area (TPSA) is 90.5 Å². The summed E-state index contributed by atoms with van der Waals surface area (Å²) >= 11 is 10.8. The van der Waals surface area contributed by atoms with Crippen LogP contribution in [0.2, 0.25) is 10.0 Å². The van der Waals surface area contributed by atoms with Crippen molar-refractivity contribution < 1.29 is 10.2 Å². The van der Waals surface area contributed by atoms with E-state index in [1.807, 2.05) is 0 Å². The molecule has 0 saturated carbocycles. The Morgan fingerprint density at radius 1 is 1.07 bits per heavy atom. The van der Waals surface area contributed by atoms with Gasteiger partial charge in [0.1, 0.15) is 22.7 Å². The minimum Gasteiger partial charge on any atom is -0.871 e. The first-order valence-electron chi connectivity index (χ1n) is 3.23. The second-order valence-corrected chi connectivity index (χ2v) is 3.02. The van der Waals surface area contributed by atoms with Crippen LogP contribution in [0.4, 0.5) is 0 Å². The van der Waals surface area contributed by atoms with Gasteiger partial charge in [0.15, 0.2) is 0 Å². The third kappa shape index (κ3) is 1.31. The van der Waals surface area contributed by atoms with E-state index < -0.39 is 32.7 Å². The maximum absolute atomic E-state index is 11.2. The van der Waals surface area contributed by atoms with Gasteiger partial charge in [-0.25, -0.2) is 0 Å². The van der Waals surface area contributed by atoms with Crippen LogP contribution in [0.5, 0.6) is 11.5 Å². The van der Waals surface area contributed by atoms with Crippen LogP contribution in [0.15, 0.2) is 0 Å². The molecule has 1 aromatic rings. The molecule has 0 heterocycles.